The van der Waals surface area contributed by atoms with E-state index < -0.39 is 0 Å². The molecule has 0 amide bonds. The van der Waals surface area contributed by atoms with E-state index in [0.717, 1.165) is 16.9 Å². The maximum absolute atomic E-state index is 5.25. The summed E-state index contributed by atoms with van der Waals surface area (Å²) in [5, 5.41) is 4.52. The van der Waals surface area contributed by atoms with E-state index in [1.807, 2.05) is 0 Å². The average Bonchev–Trinajstić information content (AvgIpc) is 2.34. The molecule has 0 unspecified atom stereocenters. The molecule has 4 heteroatoms. The van der Waals surface area contributed by atoms with Crippen LogP contribution in [0.15, 0.2) is 12.1 Å². The topological polar surface area (TPSA) is 29.8 Å². The maximum atomic E-state index is 5.25. The molecule has 106 valence electrons. The molecule has 3 nitrogen and oxygen atoms in total. The Morgan fingerprint density at radius 1 is 0.895 bits per heavy atom. The van der Waals surface area contributed by atoms with E-state index >= 15 is 0 Å². The van der Waals surface area contributed by atoms with Gasteiger partial charge in [-0.25, -0.2) is 4.89 Å². The predicted molar refractivity (Wildman–Crippen MR) is 78.5 cm³/mol. The van der Waals surface area contributed by atoms with Crippen LogP contribution in [0.4, 0.5) is 0 Å². The lowest BCUT2D eigenvalue weighted by Gasteiger charge is -2.19. The Balaban J connectivity index is 3.41. The number of hydrogen-bond acceptors (Lipinski definition) is 3. The van der Waals surface area contributed by atoms with Gasteiger partial charge in [0.05, 0.1) is 0 Å². The zero-order valence-electron chi connectivity index (χ0n) is 12.5. The van der Waals surface area contributed by atoms with E-state index in [4.69, 9.17) is 4.89 Å². The standard InChI is InChI=1S/C15H23O3S/c1-9(2)12-7-13(10(3)4)15(16-17-18-19)14(8-12)11(5)6/h7-11H,1-6H3/q+1. The van der Waals surface area contributed by atoms with Crippen LogP contribution in [0.2, 0.25) is 0 Å². The van der Waals surface area contributed by atoms with E-state index in [0.29, 0.717) is 17.8 Å². The molecule has 19 heavy (non-hydrogen) atoms. The molecule has 0 aliphatic carbocycles. The lowest BCUT2D eigenvalue weighted by atomic mass is 9.88. The summed E-state index contributed by atoms with van der Waals surface area (Å²) in [6.07, 6.45) is 0. The minimum atomic E-state index is 0.333. The van der Waals surface area contributed by atoms with Gasteiger partial charge in [0.25, 0.3) is 0 Å². The van der Waals surface area contributed by atoms with Crippen molar-refractivity contribution in [3.8, 4) is 5.75 Å². The molecule has 0 spiro atoms. The summed E-state index contributed by atoms with van der Waals surface area (Å²) in [4.78, 5) is 5.25. The van der Waals surface area contributed by atoms with Gasteiger partial charge in [-0.05, 0) is 23.3 Å². The summed E-state index contributed by atoms with van der Waals surface area (Å²) in [6.45, 7) is 12.9. The molecular formula is C15H23O3S+. The third-order valence-electron chi connectivity index (χ3n) is 3.22. The fourth-order valence-electron chi connectivity index (χ4n) is 2.03. The van der Waals surface area contributed by atoms with Crippen LogP contribution in [0.25, 0.3) is 0 Å². The Morgan fingerprint density at radius 2 is 1.37 bits per heavy atom. The highest BCUT2D eigenvalue weighted by molar-refractivity contribution is 7.44. The van der Waals surface area contributed by atoms with Crippen molar-refractivity contribution in [2.45, 2.75) is 59.3 Å². The molecule has 0 aliphatic rings. The van der Waals surface area contributed by atoms with Crippen LogP contribution >= 0.6 is 0 Å². The lowest BCUT2D eigenvalue weighted by Crippen LogP contribution is -2.06. The Labute approximate surface area is 121 Å². The highest BCUT2D eigenvalue weighted by atomic mass is 32.1. The summed E-state index contributed by atoms with van der Waals surface area (Å²) >= 11 is 4.29. The van der Waals surface area contributed by atoms with E-state index in [1.165, 1.54) is 5.56 Å². The quantitative estimate of drug-likeness (QED) is 0.430. The fourth-order valence-corrected chi connectivity index (χ4v) is 2.06. The maximum Gasteiger partial charge on any atom is 0.576 e. The second-order valence-corrected chi connectivity index (χ2v) is 5.85. The zero-order chi connectivity index (χ0) is 14.6. The molecule has 1 aromatic rings. The van der Waals surface area contributed by atoms with Crippen molar-refractivity contribution in [3.63, 3.8) is 0 Å². The Kier molecular flexibility index (Phi) is 5.73. The first kappa shape index (κ1) is 15.9. The number of rotatable bonds is 6. The Morgan fingerprint density at radius 3 is 1.68 bits per heavy atom. The van der Waals surface area contributed by atoms with Gasteiger partial charge in [-0.2, -0.15) is 0 Å². The van der Waals surface area contributed by atoms with Crippen molar-refractivity contribution in [2.75, 3.05) is 0 Å². The molecule has 0 aromatic heterocycles. The van der Waals surface area contributed by atoms with Gasteiger partial charge in [0.2, 0.25) is 0 Å². The molecule has 0 bridgehead atoms. The van der Waals surface area contributed by atoms with Gasteiger partial charge in [0.1, 0.15) is 5.04 Å². The molecule has 0 saturated heterocycles. The normalized spacial score (nSPS) is 11.2. The molecule has 0 heterocycles. The van der Waals surface area contributed by atoms with E-state index in [-0.39, 0.29) is 0 Å². The van der Waals surface area contributed by atoms with E-state index in [2.05, 4.69) is 75.2 Å². The smallest absolute Gasteiger partial charge is 0.209 e. The van der Waals surface area contributed by atoms with Crippen LogP contribution in [0.1, 0.15) is 76.0 Å². The number of benzene rings is 1. The van der Waals surface area contributed by atoms with Gasteiger partial charge < -0.3 is 0 Å². The highest BCUT2D eigenvalue weighted by Gasteiger charge is 2.21. The molecule has 1 rings (SSSR count). The van der Waals surface area contributed by atoms with Gasteiger partial charge in [0.15, 0.2) is 9.74 Å². The lowest BCUT2D eigenvalue weighted by molar-refractivity contribution is -0.502. The van der Waals surface area contributed by atoms with E-state index in [1.54, 1.807) is 0 Å². The first-order valence-electron chi connectivity index (χ1n) is 6.69. The van der Waals surface area contributed by atoms with Crippen LogP contribution in [0.3, 0.4) is 0 Å². The van der Waals surface area contributed by atoms with Crippen LogP contribution in [-0.2, 0) is 21.6 Å². The summed E-state index contributed by atoms with van der Waals surface area (Å²) in [5.74, 6) is 1.86. The molecule has 0 radical (unpaired) electrons. The summed E-state index contributed by atoms with van der Waals surface area (Å²) in [5.41, 5.74) is 3.53. The SMILES string of the molecule is CC(C)c1cc(C(C)C)c(OO[O+]=S)c(C(C)C)c1. The van der Waals surface area contributed by atoms with Gasteiger partial charge >= 0.3 is 12.5 Å². The zero-order valence-corrected chi connectivity index (χ0v) is 13.3. The Bertz CT molecular complexity index is 410. The van der Waals surface area contributed by atoms with Crippen LogP contribution in [0.5, 0.6) is 5.75 Å². The van der Waals surface area contributed by atoms with Crippen LogP contribution < -0.4 is 4.89 Å². The molecule has 1 aromatic carbocycles. The van der Waals surface area contributed by atoms with E-state index in [9.17, 15) is 0 Å². The van der Waals surface area contributed by atoms with Crippen molar-refractivity contribution in [2.24, 2.45) is 0 Å². The monoisotopic (exact) mass is 283 g/mol. The second-order valence-electron chi connectivity index (χ2n) is 5.71. The summed E-state index contributed by atoms with van der Waals surface area (Å²) in [7, 11) is 0. The minimum absolute atomic E-state index is 0.333. The minimum Gasteiger partial charge on any atom is -0.209 e. The third kappa shape index (κ3) is 3.90. The fraction of sp³-hybridized carbons (Fsp3) is 0.600. The van der Waals surface area contributed by atoms with Crippen LogP contribution in [-0.4, -0.2) is 0 Å². The molecule has 0 N–H and O–H groups in total. The predicted octanol–water partition coefficient (Wildman–Crippen LogP) is 4.71. The largest absolute Gasteiger partial charge is 0.576 e. The molecule has 0 aliphatic heterocycles. The number of hydrogen-bond donors (Lipinski definition) is 0. The van der Waals surface area contributed by atoms with Gasteiger partial charge in [-0.1, -0.05) is 53.7 Å². The molecule has 0 atom stereocenters. The molecule has 0 fully saturated rings. The summed E-state index contributed by atoms with van der Waals surface area (Å²) in [6, 6.07) is 4.34. The highest BCUT2D eigenvalue weighted by Crippen LogP contribution is 2.37. The van der Waals surface area contributed by atoms with Crippen molar-refractivity contribution in [1.29, 1.82) is 0 Å². The summed E-state index contributed by atoms with van der Waals surface area (Å²) < 4.78 is 4.15. The van der Waals surface area contributed by atoms with Crippen molar-refractivity contribution in [3.05, 3.63) is 28.8 Å². The average molecular weight is 283 g/mol. The van der Waals surface area contributed by atoms with Crippen LogP contribution in [0, 0.1) is 0 Å². The van der Waals surface area contributed by atoms with Gasteiger partial charge in [-0.15, -0.1) is 0 Å². The molecule has 0 saturated carbocycles. The Hall–Kier alpha value is -1.16. The first-order valence-corrected chi connectivity index (χ1v) is 7.02. The van der Waals surface area contributed by atoms with Crippen molar-refractivity contribution in [1.82, 2.24) is 0 Å². The first-order chi connectivity index (χ1) is 8.88. The van der Waals surface area contributed by atoms with Gasteiger partial charge in [0, 0.05) is 11.1 Å². The van der Waals surface area contributed by atoms with Crippen molar-refractivity contribution >= 4 is 12.5 Å². The van der Waals surface area contributed by atoms with Crippen molar-refractivity contribution < 1.29 is 13.9 Å². The molecular weight excluding hydrogens is 260 g/mol. The van der Waals surface area contributed by atoms with Gasteiger partial charge in [-0.3, -0.25) is 0 Å². The second kappa shape index (κ2) is 6.85. The third-order valence-corrected chi connectivity index (χ3v) is 3.28.